The third kappa shape index (κ3) is 3.17. The highest BCUT2D eigenvalue weighted by atomic mass is 35.5. The second kappa shape index (κ2) is 5.63. The Hall–Kier alpha value is -1.62. The maximum Gasteiger partial charge on any atom is 0.271 e. The molecule has 0 saturated carbocycles. The van der Waals surface area contributed by atoms with Crippen LogP contribution < -0.4 is 0 Å². The minimum atomic E-state index is -0.565. The molecule has 0 spiro atoms. The summed E-state index contributed by atoms with van der Waals surface area (Å²) < 4.78 is 0. The summed E-state index contributed by atoms with van der Waals surface area (Å²) in [6.07, 6.45) is 0. The molecule has 0 fully saturated rings. The largest absolute Gasteiger partial charge is 0.339 e. The third-order valence-corrected chi connectivity index (χ3v) is 2.61. The number of benzene rings is 1. The number of nitro groups is 1. The van der Waals surface area contributed by atoms with Crippen LogP contribution in [0.2, 0.25) is 5.02 Å². The Labute approximate surface area is 104 Å². The van der Waals surface area contributed by atoms with Crippen LogP contribution in [-0.4, -0.2) is 28.8 Å². The summed E-state index contributed by atoms with van der Waals surface area (Å²) in [5.41, 5.74) is 0.0703. The molecule has 0 heterocycles. The Bertz CT molecular complexity index is 444. The molecule has 5 nitrogen and oxygen atoms in total. The molecule has 0 bridgehead atoms. The van der Waals surface area contributed by atoms with Gasteiger partial charge in [-0.15, -0.1) is 0 Å². The molecule has 1 aromatic carbocycles. The van der Waals surface area contributed by atoms with E-state index in [0.717, 1.165) is 0 Å². The van der Waals surface area contributed by atoms with Crippen LogP contribution in [0.25, 0.3) is 0 Å². The van der Waals surface area contributed by atoms with Gasteiger partial charge in [-0.05, 0) is 19.9 Å². The lowest BCUT2D eigenvalue weighted by molar-refractivity contribution is -0.384. The van der Waals surface area contributed by atoms with Gasteiger partial charge in [0.25, 0.3) is 11.6 Å². The van der Waals surface area contributed by atoms with Crippen molar-refractivity contribution in [3.8, 4) is 0 Å². The summed E-state index contributed by atoms with van der Waals surface area (Å²) in [6.45, 7) is 4.80. The zero-order valence-electron chi connectivity index (χ0n) is 9.64. The fourth-order valence-electron chi connectivity index (χ4n) is 1.50. The molecular formula is C11H13ClN2O3. The molecule has 1 amide bonds. The quantitative estimate of drug-likeness (QED) is 0.615. The Kier molecular flexibility index (Phi) is 4.45. The zero-order chi connectivity index (χ0) is 13.0. The predicted octanol–water partition coefficient (Wildman–Crippen LogP) is 2.73. The summed E-state index contributed by atoms with van der Waals surface area (Å²) in [7, 11) is 0. The highest BCUT2D eigenvalue weighted by Gasteiger charge is 2.17. The molecule has 0 N–H and O–H groups in total. The fourth-order valence-corrected chi connectivity index (χ4v) is 1.73. The molecule has 1 rings (SSSR count). The van der Waals surface area contributed by atoms with Crippen molar-refractivity contribution in [3.63, 3.8) is 0 Å². The van der Waals surface area contributed by atoms with E-state index >= 15 is 0 Å². The summed E-state index contributed by atoms with van der Waals surface area (Å²) in [5.74, 6) is -0.249. The number of carbonyl (C=O) groups excluding carboxylic acids is 1. The number of nitrogens with zero attached hydrogens (tertiary/aromatic N) is 2. The molecule has 0 unspecified atom stereocenters. The molecule has 0 aromatic heterocycles. The first kappa shape index (κ1) is 13.4. The molecule has 0 aliphatic rings. The van der Waals surface area contributed by atoms with Gasteiger partial charge in [-0.1, -0.05) is 11.6 Å². The summed E-state index contributed by atoms with van der Waals surface area (Å²) in [4.78, 5) is 23.7. The molecular weight excluding hydrogens is 244 g/mol. The van der Waals surface area contributed by atoms with E-state index in [-0.39, 0.29) is 22.2 Å². The van der Waals surface area contributed by atoms with E-state index in [1.165, 1.54) is 18.2 Å². The van der Waals surface area contributed by atoms with Gasteiger partial charge in [0, 0.05) is 35.8 Å². The van der Waals surface area contributed by atoms with Crippen molar-refractivity contribution in [2.24, 2.45) is 0 Å². The van der Waals surface area contributed by atoms with Crippen LogP contribution >= 0.6 is 11.6 Å². The van der Waals surface area contributed by atoms with Gasteiger partial charge >= 0.3 is 0 Å². The molecule has 17 heavy (non-hydrogen) atoms. The predicted molar refractivity (Wildman–Crippen MR) is 65.4 cm³/mol. The van der Waals surface area contributed by atoms with Crippen LogP contribution in [0.15, 0.2) is 18.2 Å². The number of hydrogen-bond donors (Lipinski definition) is 0. The Morgan fingerprint density at radius 3 is 2.41 bits per heavy atom. The zero-order valence-corrected chi connectivity index (χ0v) is 10.4. The third-order valence-electron chi connectivity index (χ3n) is 2.39. The van der Waals surface area contributed by atoms with Gasteiger partial charge in [0.1, 0.15) is 0 Å². The van der Waals surface area contributed by atoms with Gasteiger partial charge in [-0.2, -0.15) is 0 Å². The maximum absolute atomic E-state index is 12.0. The number of hydrogen-bond acceptors (Lipinski definition) is 3. The number of carbonyl (C=O) groups is 1. The van der Waals surface area contributed by atoms with E-state index in [1.54, 1.807) is 4.90 Å². The first-order valence-electron chi connectivity index (χ1n) is 5.23. The van der Waals surface area contributed by atoms with E-state index in [9.17, 15) is 14.9 Å². The monoisotopic (exact) mass is 256 g/mol. The SMILES string of the molecule is CCN(CC)C(=O)c1cc(Cl)cc([N+](=O)[O-])c1. The topological polar surface area (TPSA) is 63.5 Å². The maximum atomic E-state index is 12.0. The molecule has 6 heteroatoms. The number of non-ortho nitro benzene ring substituents is 1. The van der Waals surface area contributed by atoms with Crippen molar-refractivity contribution in [3.05, 3.63) is 38.9 Å². The first-order chi connectivity index (χ1) is 7.99. The van der Waals surface area contributed by atoms with Crippen molar-refractivity contribution >= 4 is 23.2 Å². The number of halogens is 1. The van der Waals surface area contributed by atoms with E-state index in [2.05, 4.69) is 0 Å². The normalized spacial score (nSPS) is 10.1. The van der Waals surface area contributed by atoms with Crippen molar-refractivity contribution in [1.82, 2.24) is 4.90 Å². The second-order valence-electron chi connectivity index (χ2n) is 3.43. The number of amides is 1. The highest BCUT2D eigenvalue weighted by Crippen LogP contribution is 2.21. The molecule has 1 aromatic rings. The van der Waals surface area contributed by atoms with Gasteiger partial charge in [-0.3, -0.25) is 14.9 Å². The molecule has 0 atom stereocenters. The van der Waals surface area contributed by atoms with Crippen LogP contribution in [0.3, 0.4) is 0 Å². The number of rotatable bonds is 4. The van der Waals surface area contributed by atoms with Crippen molar-refractivity contribution in [2.75, 3.05) is 13.1 Å². The van der Waals surface area contributed by atoms with Crippen LogP contribution in [-0.2, 0) is 0 Å². The van der Waals surface area contributed by atoms with Gasteiger partial charge in [0.15, 0.2) is 0 Å². The van der Waals surface area contributed by atoms with Crippen LogP contribution in [0.5, 0.6) is 0 Å². The van der Waals surface area contributed by atoms with Gasteiger partial charge in [-0.25, -0.2) is 0 Å². The lowest BCUT2D eigenvalue weighted by atomic mass is 10.1. The second-order valence-corrected chi connectivity index (χ2v) is 3.87. The van der Waals surface area contributed by atoms with Crippen LogP contribution in [0.4, 0.5) is 5.69 Å². The molecule has 0 aliphatic carbocycles. The molecule has 92 valence electrons. The standard InChI is InChI=1S/C11H13ClN2O3/c1-3-13(4-2)11(15)8-5-9(12)7-10(6-8)14(16)17/h5-7H,3-4H2,1-2H3. The van der Waals surface area contributed by atoms with Crippen molar-refractivity contribution < 1.29 is 9.72 Å². The van der Waals surface area contributed by atoms with Crippen LogP contribution in [0.1, 0.15) is 24.2 Å². The summed E-state index contributed by atoms with van der Waals surface area (Å²) >= 11 is 5.75. The summed E-state index contributed by atoms with van der Waals surface area (Å²) in [6, 6.07) is 3.91. The molecule has 0 saturated heterocycles. The van der Waals surface area contributed by atoms with Gasteiger partial charge in [0.2, 0.25) is 0 Å². The number of nitro benzene ring substituents is 1. The smallest absolute Gasteiger partial charge is 0.271 e. The van der Waals surface area contributed by atoms with Crippen molar-refractivity contribution in [2.45, 2.75) is 13.8 Å². The van der Waals surface area contributed by atoms with Gasteiger partial charge in [0.05, 0.1) is 4.92 Å². The minimum absolute atomic E-state index is 0.173. The Balaban J connectivity index is 3.13. The molecule has 0 radical (unpaired) electrons. The lowest BCUT2D eigenvalue weighted by Crippen LogP contribution is -2.30. The van der Waals surface area contributed by atoms with E-state index < -0.39 is 4.92 Å². The molecule has 0 aliphatic heterocycles. The summed E-state index contributed by atoms with van der Waals surface area (Å²) in [5, 5.41) is 10.8. The van der Waals surface area contributed by atoms with E-state index in [1.807, 2.05) is 13.8 Å². The van der Waals surface area contributed by atoms with Crippen molar-refractivity contribution in [1.29, 1.82) is 0 Å². The van der Waals surface area contributed by atoms with E-state index in [0.29, 0.717) is 13.1 Å². The average molecular weight is 257 g/mol. The van der Waals surface area contributed by atoms with Crippen LogP contribution in [0, 0.1) is 10.1 Å². The van der Waals surface area contributed by atoms with E-state index in [4.69, 9.17) is 11.6 Å². The fraction of sp³-hybridized carbons (Fsp3) is 0.364. The Morgan fingerprint density at radius 2 is 1.94 bits per heavy atom. The highest BCUT2D eigenvalue weighted by molar-refractivity contribution is 6.31. The minimum Gasteiger partial charge on any atom is -0.339 e. The lowest BCUT2D eigenvalue weighted by Gasteiger charge is -2.18. The Morgan fingerprint density at radius 1 is 1.35 bits per heavy atom. The average Bonchev–Trinajstić information content (AvgIpc) is 2.29. The first-order valence-corrected chi connectivity index (χ1v) is 5.61. The van der Waals surface area contributed by atoms with Gasteiger partial charge < -0.3 is 4.90 Å².